The molecule has 0 radical (unpaired) electrons. The van der Waals surface area contributed by atoms with Crippen molar-refractivity contribution in [3.05, 3.63) is 11.3 Å². The Bertz CT molecular complexity index is 520. The maximum absolute atomic E-state index is 10.2. The fourth-order valence-corrected chi connectivity index (χ4v) is 7.64. The van der Waals surface area contributed by atoms with Gasteiger partial charge in [0.2, 0.25) is 0 Å². The molecule has 0 saturated heterocycles. The fourth-order valence-electron chi connectivity index (χ4n) is 7.64. The van der Waals surface area contributed by atoms with Crippen LogP contribution in [0.3, 0.4) is 0 Å². The molecular formula is C21H34O2. The van der Waals surface area contributed by atoms with Gasteiger partial charge in [-0.25, -0.2) is 0 Å². The van der Waals surface area contributed by atoms with E-state index < -0.39 is 0 Å². The van der Waals surface area contributed by atoms with Crippen molar-refractivity contribution < 1.29 is 10.2 Å². The lowest BCUT2D eigenvalue weighted by molar-refractivity contribution is -0.116. The normalized spacial score (nSPS) is 54.9. The lowest BCUT2D eigenvalue weighted by Crippen LogP contribution is -2.53. The second kappa shape index (κ2) is 5.25. The first-order valence-electron chi connectivity index (χ1n) is 9.93. The predicted molar refractivity (Wildman–Crippen MR) is 93.1 cm³/mol. The van der Waals surface area contributed by atoms with E-state index in [2.05, 4.69) is 13.8 Å². The van der Waals surface area contributed by atoms with Gasteiger partial charge in [-0.15, -0.1) is 0 Å². The topological polar surface area (TPSA) is 40.5 Å². The minimum Gasteiger partial charge on any atom is -0.513 e. The first-order valence-corrected chi connectivity index (χ1v) is 9.93. The van der Waals surface area contributed by atoms with E-state index in [0.717, 1.165) is 42.9 Å². The molecule has 7 atom stereocenters. The highest BCUT2D eigenvalue weighted by Crippen LogP contribution is 2.67. The molecule has 2 nitrogen and oxygen atoms in total. The van der Waals surface area contributed by atoms with Gasteiger partial charge in [-0.05, 0) is 105 Å². The highest BCUT2D eigenvalue weighted by Gasteiger charge is 2.59. The second-order valence-corrected chi connectivity index (χ2v) is 9.64. The van der Waals surface area contributed by atoms with Crippen LogP contribution >= 0.6 is 0 Å². The van der Waals surface area contributed by atoms with Crippen LogP contribution in [-0.2, 0) is 0 Å². The van der Waals surface area contributed by atoms with Crippen LogP contribution in [0, 0.1) is 34.5 Å². The molecule has 0 spiro atoms. The third-order valence-electron chi connectivity index (χ3n) is 8.86. The van der Waals surface area contributed by atoms with E-state index in [1.165, 1.54) is 44.1 Å². The minimum absolute atomic E-state index is 0.0449. The lowest BCUT2D eigenvalue weighted by Gasteiger charge is -2.60. The van der Waals surface area contributed by atoms with Crippen LogP contribution in [0.1, 0.15) is 78.6 Å². The molecule has 130 valence electrons. The maximum Gasteiger partial charge on any atom is 0.0889 e. The molecule has 0 aromatic carbocycles. The summed E-state index contributed by atoms with van der Waals surface area (Å²) in [7, 11) is 0. The predicted octanol–water partition coefficient (Wildman–Crippen LogP) is 5.22. The summed E-state index contributed by atoms with van der Waals surface area (Å²) < 4.78 is 0. The molecule has 0 aliphatic heterocycles. The summed E-state index contributed by atoms with van der Waals surface area (Å²) in [6, 6.07) is 0. The summed E-state index contributed by atoms with van der Waals surface area (Å²) in [6.07, 6.45) is 10.9. The Hall–Kier alpha value is -0.500. The Kier molecular flexibility index (Phi) is 3.65. The zero-order valence-corrected chi connectivity index (χ0v) is 15.1. The van der Waals surface area contributed by atoms with Gasteiger partial charge < -0.3 is 10.2 Å². The Morgan fingerprint density at radius 3 is 2.52 bits per heavy atom. The Morgan fingerprint density at radius 1 is 1.00 bits per heavy atom. The van der Waals surface area contributed by atoms with Gasteiger partial charge in [0.25, 0.3) is 0 Å². The SMILES string of the molecule is CC(O)=C1CC[C@H]2[C@@H]3CCC4CC(O)CC[C@]4(C)[C@H]3CC[C@]12C. The number of hydrogen-bond donors (Lipinski definition) is 2. The smallest absolute Gasteiger partial charge is 0.0889 e. The third-order valence-corrected chi connectivity index (χ3v) is 8.86. The van der Waals surface area contributed by atoms with Crippen molar-refractivity contribution in [3.8, 4) is 0 Å². The number of rotatable bonds is 0. The van der Waals surface area contributed by atoms with Gasteiger partial charge in [-0.1, -0.05) is 13.8 Å². The number of aliphatic hydroxyl groups is 2. The first kappa shape index (κ1) is 16.0. The average Bonchev–Trinajstić information content (AvgIpc) is 2.85. The number of fused-ring (bicyclic) bond motifs is 5. The zero-order chi connectivity index (χ0) is 16.4. The van der Waals surface area contributed by atoms with Gasteiger partial charge in [-0.3, -0.25) is 0 Å². The molecule has 4 rings (SSSR count). The first-order chi connectivity index (χ1) is 10.9. The third kappa shape index (κ3) is 2.16. The van der Waals surface area contributed by atoms with Crippen LogP contribution in [0.2, 0.25) is 0 Å². The van der Waals surface area contributed by atoms with Crippen molar-refractivity contribution in [3.63, 3.8) is 0 Å². The highest BCUT2D eigenvalue weighted by atomic mass is 16.3. The zero-order valence-electron chi connectivity index (χ0n) is 15.1. The molecule has 0 amide bonds. The summed E-state index contributed by atoms with van der Waals surface area (Å²) in [6.45, 7) is 6.89. The van der Waals surface area contributed by atoms with E-state index >= 15 is 0 Å². The molecule has 0 aromatic rings. The number of allylic oxidation sites excluding steroid dienone is 2. The molecule has 4 aliphatic rings. The molecule has 2 N–H and O–H groups in total. The summed E-state index contributed by atoms with van der Waals surface area (Å²) >= 11 is 0. The van der Waals surface area contributed by atoms with Crippen LogP contribution in [0.4, 0.5) is 0 Å². The van der Waals surface area contributed by atoms with Gasteiger partial charge in [0.05, 0.1) is 11.9 Å². The maximum atomic E-state index is 10.2. The molecule has 4 saturated carbocycles. The second-order valence-electron chi connectivity index (χ2n) is 9.64. The van der Waals surface area contributed by atoms with Crippen molar-refractivity contribution in [1.82, 2.24) is 0 Å². The molecule has 0 heterocycles. The van der Waals surface area contributed by atoms with E-state index in [1.54, 1.807) is 0 Å². The quantitative estimate of drug-likeness (QED) is 0.601. The van der Waals surface area contributed by atoms with Gasteiger partial charge in [0, 0.05) is 0 Å². The average molecular weight is 319 g/mol. The van der Waals surface area contributed by atoms with E-state index in [9.17, 15) is 10.2 Å². The Labute approximate surface area is 141 Å². The minimum atomic E-state index is -0.0449. The molecule has 0 bridgehead atoms. The van der Waals surface area contributed by atoms with E-state index in [1.807, 2.05) is 6.92 Å². The standard InChI is InChI=1S/C21H34O2/c1-13(22)17-6-7-18-16-5-4-14-12-15(23)8-10-20(14,2)19(16)9-11-21(17,18)3/h14-16,18-19,22-23H,4-12H2,1-3H3/t14?,15?,16-,18-,19-,20-,21+/m0/s1. The van der Waals surface area contributed by atoms with Crippen molar-refractivity contribution in [2.45, 2.75) is 84.7 Å². The van der Waals surface area contributed by atoms with Crippen molar-refractivity contribution in [1.29, 1.82) is 0 Å². The highest BCUT2D eigenvalue weighted by molar-refractivity contribution is 5.25. The van der Waals surface area contributed by atoms with Gasteiger partial charge >= 0.3 is 0 Å². The van der Waals surface area contributed by atoms with Crippen molar-refractivity contribution in [2.75, 3.05) is 0 Å². The van der Waals surface area contributed by atoms with Gasteiger partial charge in [-0.2, -0.15) is 0 Å². The van der Waals surface area contributed by atoms with Crippen LogP contribution < -0.4 is 0 Å². The summed E-state index contributed by atoms with van der Waals surface area (Å²) in [4.78, 5) is 0. The van der Waals surface area contributed by atoms with E-state index in [0.29, 0.717) is 11.2 Å². The van der Waals surface area contributed by atoms with Crippen LogP contribution in [0.25, 0.3) is 0 Å². The fraction of sp³-hybridized carbons (Fsp3) is 0.905. The number of aliphatic hydroxyl groups excluding tert-OH is 2. The van der Waals surface area contributed by atoms with Gasteiger partial charge in [0.15, 0.2) is 0 Å². The van der Waals surface area contributed by atoms with E-state index in [4.69, 9.17) is 0 Å². The molecule has 4 aliphatic carbocycles. The van der Waals surface area contributed by atoms with Gasteiger partial charge in [0.1, 0.15) is 0 Å². The largest absolute Gasteiger partial charge is 0.513 e. The molecule has 4 fully saturated rings. The monoisotopic (exact) mass is 318 g/mol. The summed E-state index contributed by atoms with van der Waals surface area (Å²) in [5, 5.41) is 20.3. The van der Waals surface area contributed by atoms with Crippen LogP contribution in [-0.4, -0.2) is 16.3 Å². The molecular weight excluding hydrogens is 284 g/mol. The number of hydrogen-bond acceptors (Lipinski definition) is 2. The Balaban J connectivity index is 1.64. The van der Waals surface area contributed by atoms with Crippen LogP contribution in [0.15, 0.2) is 11.3 Å². The summed E-state index contributed by atoms with van der Waals surface area (Å²) in [5.74, 6) is 3.83. The van der Waals surface area contributed by atoms with Crippen LogP contribution in [0.5, 0.6) is 0 Å². The molecule has 2 heteroatoms. The van der Waals surface area contributed by atoms with E-state index in [-0.39, 0.29) is 11.5 Å². The summed E-state index contributed by atoms with van der Waals surface area (Å²) in [5.41, 5.74) is 2.09. The molecule has 23 heavy (non-hydrogen) atoms. The molecule has 2 unspecified atom stereocenters. The van der Waals surface area contributed by atoms with Crippen molar-refractivity contribution >= 4 is 0 Å². The van der Waals surface area contributed by atoms with Crippen molar-refractivity contribution in [2.24, 2.45) is 34.5 Å². The lowest BCUT2D eigenvalue weighted by atomic mass is 9.45. The molecule has 0 aromatic heterocycles. The Morgan fingerprint density at radius 2 is 1.78 bits per heavy atom.